The molecule has 35 heavy (non-hydrogen) atoms. The minimum absolute atomic E-state index is 0.0256. The summed E-state index contributed by atoms with van der Waals surface area (Å²) in [6, 6.07) is 13.7. The predicted octanol–water partition coefficient (Wildman–Crippen LogP) is 1.57. The fourth-order valence-corrected chi connectivity index (χ4v) is 3.84. The summed E-state index contributed by atoms with van der Waals surface area (Å²) in [5.74, 6) is 5.89. The van der Waals surface area contributed by atoms with E-state index in [1.807, 2.05) is 30.3 Å². The van der Waals surface area contributed by atoms with Gasteiger partial charge in [0, 0.05) is 25.2 Å². The molecule has 2 aliphatic rings. The van der Waals surface area contributed by atoms with Crippen LogP contribution in [0, 0.1) is 11.8 Å². The summed E-state index contributed by atoms with van der Waals surface area (Å²) in [5, 5.41) is 17.0. The lowest BCUT2D eigenvalue weighted by Crippen LogP contribution is -2.50. The number of amides is 2. The molecule has 0 spiro atoms. The van der Waals surface area contributed by atoms with Crippen molar-refractivity contribution in [3.8, 4) is 17.6 Å². The minimum Gasteiger partial charge on any atom is -0.489 e. The second-order valence-electron chi connectivity index (χ2n) is 8.62. The summed E-state index contributed by atoms with van der Waals surface area (Å²) in [6.45, 7) is 0.331. The predicted molar refractivity (Wildman–Crippen MR) is 127 cm³/mol. The van der Waals surface area contributed by atoms with Crippen LogP contribution in [0.2, 0.25) is 0 Å². The standard InChI is InChI=1S/C26H24N4O5/c1-29-22-12-19(9-10-26(33)16-34-17-26)7-8-23(22)35-15-21(24(29)31)28-25(32)30-14-20(13-27-30)11-18-5-3-2-4-6-18/h2-8,12-14,21,33H,11,15-17H2,1H3,(H,28,32)/t21-/m1/s1. The van der Waals surface area contributed by atoms with Crippen LogP contribution in [-0.2, 0) is 16.0 Å². The highest BCUT2D eigenvalue weighted by molar-refractivity contribution is 6.00. The van der Waals surface area contributed by atoms with Crippen molar-refractivity contribution >= 4 is 17.6 Å². The van der Waals surface area contributed by atoms with E-state index in [9.17, 15) is 14.7 Å². The van der Waals surface area contributed by atoms with Gasteiger partial charge in [0.25, 0.3) is 5.91 Å². The number of anilines is 1. The van der Waals surface area contributed by atoms with Crippen LogP contribution >= 0.6 is 0 Å². The number of carbonyl (C=O) groups is 2. The van der Waals surface area contributed by atoms with Gasteiger partial charge in [-0.3, -0.25) is 4.79 Å². The lowest BCUT2D eigenvalue weighted by molar-refractivity contribution is -0.140. The fraction of sp³-hybridized carbons (Fsp3) is 0.269. The molecule has 0 aliphatic carbocycles. The zero-order valence-electron chi connectivity index (χ0n) is 19.1. The first-order valence-corrected chi connectivity index (χ1v) is 11.2. The lowest BCUT2D eigenvalue weighted by Gasteiger charge is -2.30. The Morgan fingerprint density at radius 3 is 2.77 bits per heavy atom. The Balaban J connectivity index is 1.27. The maximum Gasteiger partial charge on any atom is 0.342 e. The van der Waals surface area contributed by atoms with E-state index in [1.54, 1.807) is 37.6 Å². The van der Waals surface area contributed by atoms with Crippen molar-refractivity contribution in [3.05, 3.63) is 77.6 Å². The van der Waals surface area contributed by atoms with Crippen molar-refractivity contribution in [2.75, 3.05) is 31.8 Å². The normalized spacial score (nSPS) is 18.3. The third kappa shape index (κ3) is 4.89. The molecule has 5 rings (SSSR count). The summed E-state index contributed by atoms with van der Waals surface area (Å²) < 4.78 is 12.0. The average Bonchev–Trinajstić information content (AvgIpc) is 3.28. The van der Waals surface area contributed by atoms with Gasteiger partial charge in [0.05, 0.1) is 25.1 Å². The number of hydrogen-bond donors (Lipinski definition) is 2. The molecule has 1 saturated heterocycles. The molecule has 0 bridgehead atoms. The van der Waals surface area contributed by atoms with Gasteiger partial charge in [-0.05, 0) is 29.3 Å². The van der Waals surface area contributed by atoms with E-state index in [0.717, 1.165) is 11.1 Å². The van der Waals surface area contributed by atoms with Crippen LogP contribution in [0.5, 0.6) is 5.75 Å². The number of nitrogens with zero attached hydrogens (tertiary/aromatic N) is 3. The number of aliphatic hydroxyl groups is 1. The molecule has 3 aromatic rings. The smallest absolute Gasteiger partial charge is 0.342 e. The maximum atomic E-state index is 13.1. The SMILES string of the molecule is CN1C(=O)[C@H](NC(=O)n2cc(Cc3ccccc3)cn2)COc2ccc(C#CC3(O)COC3)cc21. The Kier molecular flexibility index (Phi) is 5.99. The van der Waals surface area contributed by atoms with Crippen LogP contribution < -0.4 is 15.0 Å². The van der Waals surface area contributed by atoms with E-state index >= 15 is 0 Å². The quantitative estimate of drug-likeness (QED) is 0.561. The Morgan fingerprint density at radius 2 is 2.03 bits per heavy atom. The second kappa shape index (κ2) is 9.25. The number of benzene rings is 2. The maximum absolute atomic E-state index is 13.1. The van der Waals surface area contributed by atoms with E-state index < -0.39 is 17.7 Å². The molecule has 2 amide bonds. The molecule has 0 unspecified atom stereocenters. The number of carbonyl (C=O) groups excluding carboxylic acids is 2. The van der Waals surface area contributed by atoms with E-state index in [1.165, 1.54) is 9.58 Å². The number of nitrogens with one attached hydrogen (secondary N) is 1. The lowest BCUT2D eigenvalue weighted by atomic mass is 10.0. The van der Waals surface area contributed by atoms with Crippen LogP contribution in [0.4, 0.5) is 10.5 Å². The Bertz CT molecular complexity index is 1320. The number of hydrogen-bond acceptors (Lipinski definition) is 6. The van der Waals surface area contributed by atoms with Gasteiger partial charge in [-0.15, -0.1) is 0 Å². The van der Waals surface area contributed by atoms with Crippen molar-refractivity contribution < 1.29 is 24.2 Å². The number of likely N-dealkylation sites (N-methyl/N-ethyl adjacent to an activating group) is 1. The molecule has 9 heteroatoms. The molecular weight excluding hydrogens is 448 g/mol. The third-order valence-corrected chi connectivity index (χ3v) is 5.87. The van der Waals surface area contributed by atoms with Gasteiger partial charge < -0.3 is 24.8 Å². The van der Waals surface area contributed by atoms with Gasteiger partial charge >= 0.3 is 6.03 Å². The number of aromatic nitrogens is 2. The molecule has 1 aromatic heterocycles. The van der Waals surface area contributed by atoms with E-state index in [0.29, 0.717) is 23.4 Å². The summed E-state index contributed by atoms with van der Waals surface area (Å²) >= 11 is 0. The Labute approximate surface area is 202 Å². The largest absolute Gasteiger partial charge is 0.489 e. The van der Waals surface area contributed by atoms with E-state index in [2.05, 4.69) is 22.3 Å². The van der Waals surface area contributed by atoms with Gasteiger partial charge in [-0.25, -0.2) is 4.79 Å². The number of ether oxygens (including phenoxy) is 2. The van der Waals surface area contributed by atoms with E-state index in [4.69, 9.17) is 9.47 Å². The number of fused-ring (bicyclic) bond motifs is 1. The highest BCUT2D eigenvalue weighted by Crippen LogP contribution is 2.31. The van der Waals surface area contributed by atoms with Crippen LogP contribution in [-0.4, -0.2) is 65.3 Å². The molecule has 1 fully saturated rings. The van der Waals surface area contributed by atoms with Crippen molar-refractivity contribution in [1.82, 2.24) is 15.1 Å². The van der Waals surface area contributed by atoms with Gasteiger partial charge in [0.15, 0.2) is 5.60 Å². The van der Waals surface area contributed by atoms with Gasteiger partial charge in [0.1, 0.15) is 18.4 Å². The highest BCUT2D eigenvalue weighted by Gasteiger charge is 2.34. The topological polar surface area (TPSA) is 106 Å². The molecule has 1 atom stereocenters. The fourth-order valence-electron chi connectivity index (χ4n) is 3.84. The second-order valence-corrected chi connectivity index (χ2v) is 8.62. The first-order chi connectivity index (χ1) is 16.9. The molecule has 9 nitrogen and oxygen atoms in total. The van der Waals surface area contributed by atoms with Crippen LogP contribution in [0.25, 0.3) is 0 Å². The van der Waals surface area contributed by atoms with Gasteiger partial charge in [0.2, 0.25) is 0 Å². The van der Waals surface area contributed by atoms with Crippen LogP contribution in [0.15, 0.2) is 60.9 Å². The zero-order valence-corrected chi connectivity index (χ0v) is 19.1. The van der Waals surface area contributed by atoms with Crippen molar-refractivity contribution in [3.63, 3.8) is 0 Å². The van der Waals surface area contributed by atoms with E-state index in [-0.39, 0.29) is 25.7 Å². The molecule has 2 aliphatic heterocycles. The molecule has 0 radical (unpaired) electrons. The Morgan fingerprint density at radius 1 is 1.23 bits per heavy atom. The summed E-state index contributed by atoms with van der Waals surface area (Å²) in [5.41, 5.74) is 2.01. The van der Waals surface area contributed by atoms with Gasteiger partial charge in [-0.1, -0.05) is 42.2 Å². The van der Waals surface area contributed by atoms with Crippen molar-refractivity contribution in [1.29, 1.82) is 0 Å². The highest BCUT2D eigenvalue weighted by atomic mass is 16.5. The van der Waals surface area contributed by atoms with Crippen LogP contribution in [0.3, 0.4) is 0 Å². The molecule has 178 valence electrons. The summed E-state index contributed by atoms with van der Waals surface area (Å²) in [6.07, 6.45) is 3.93. The monoisotopic (exact) mass is 472 g/mol. The minimum atomic E-state index is -1.13. The average molecular weight is 473 g/mol. The molecule has 2 N–H and O–H groups in total. The Hall–Kier alpha value is -4.13. The number of rotatable bonds is 3. The first-order valence-electron chi connectivity index (χ1n) is 11.2. The third-order valence-electron chi connectivity index (χ3n) is 5.87. The first kappa shape index (κ1) is 22.7. The van der Waals surface area contributed by atoms with Crippen molar-refractivity contribution in [2.24, 2.45) is 0 Å². The van der Waals surface area contributed by atoms with Crippen molar-refractivity contribution in [2.45, 2.75) is 18.1 Å². The summed E-state index contributed by atoms with van der Waals surface area (Å²) in [7, 11) is 1.62. The van der Waals surface area contributed by atoms with Crippen LogP contribution in [0.1, 0.15) is 16.7 Å². The molecule has 3 heterocycles. The molecule has 2 aromatic carbocycles. The molecular formula is C26H24N4O5. The molecule has 0 saturated carbocycles. The van der Waals surface area contributed by atoms with Gasteiger partial charge in [-0.2, -0.15) is 9.78 Å². The summed E-state index contributed by atoms with van der Waals surface area (Å²) in [4.78, 5) is 27.3. The zero-order chi connectivity index (χ0) is 24.4.